The summed E-state index contributed by atoms with van der Waals surface area (Å²) >= 11 is 1.62. The zero-order chi connectivity index (χ0) is 13.1. The van der Waals surface area contributed by atoms with Gasteiger partial charge in [0, 0.05) is 19.5 Å². The molecule has 98 valence electrons. The monoisotopic (exact) mass is 266 g/mol. The van der Waals surface area contributed by atoms with E-state index >= 15 is 0 Å². The maximum atomic E-state index is 12.4. The van der Waals surface area contributed by atoms with E-state index in [9.17, 15) is 9.59 Å². The van der Waals surface area contributed by atoms with Gasteiger partial charge in [0.2, 0.25) is 11.8 Å². The summed E-state index contributed by atoms with van der Waals surface area (Å²) in [6.07, 6.45) is 0.388. The minimum Gasteiger partial charge on any atom is -0.344 e. The topological polar surface area (TPSA) is 49.4 Å². The van der Waals surface area contributed by atoms with Gasteiger partial charge in [0.1, 0.15) is 6.04 Å². The summed E-state index contributed by atoms with van der Waals surface area (Å²) < 4.78 is 0. The van der Waals surface area contributed by atoms with Gasteiger partial charge in [-0.15, -0.1) is 0 Å². The average Bonchev–Trinajstić information content (AvgIpc) is 2.78. The van der Waals surface area contributed by atoms with E-state index in [-0.39, 0.29) is 17.7 Å². The molecule has 0 aliphatic carbocycles. The van der Waals surface area contributed by atoms with Gasteiger partial charge in [-0.05, 0) is 28.3 Å². The first kappa shape index (κ1) is 13.1. The number of carbonyl (C=O) groups excluding carboxylic acids is 2. The van der Waals surface area contributed by atoms with Gasteiger partial charge in [-0.2, -0.15) is 11.3 Å². The number of carbonyl (C=O) groups is 2. The highest BCUT2D eigenvalue weighted by Gasteiger charge is 2.31. The van der Waals surface area contributed by atoms with Gasteiger partial charge in [0.15, 0.2) is 0 Å². The van der Waals surface area contributed by atoms with Crippen molar-refractivity contribution in [3.63, 3.8) is 0 Å². The van der Waals surface area contributed by atoms with Gasteiger partial charge in [0.05, 0.1) is 0 Å². The molecule has 1 atom stereocenters. The lowest BCUT2D eigenvalue weighted by molar-refractivity contribution is -0.135. The fraction of sp³-hybridized carbons (Fsp3) is 0.538. The molecule has 2 rings (SSSR count). The van der Waals surface area contributed by atoms with Crippen LogP contribution in [0.4, 0.5) is 0 Å². The molecule has 4 nitrogen and oxygen atoms in total. The van der Waals surface area contributed by atoms with E-state index in [4.69, 9.17) is 0 Å². The van der Waals surface area contributed by atoms with Crippen molar-refractivity contribution < 1.29 is 9.59 Å². The van der Waals surface area contributed by atoms with Gasteiger partial charge in [-0.1, -0.05) is 13.8 Å². The van der Waals surface area contributed by atoms with Gasteiger partial charge in [0.25, 0.3) is 0 Å². The third kappa shape index (κ3) is 2.90. The molecule has 1 aliphatic rings. The van der Waals surface area contributed by atoms with Crippen LogP contribution in [0.3, 0.4) is 0 Å². The van der Waals surface area contributed by atoms with Gasteiger partial charge < -0.3 is 10.2 Å². The fourth-order valence-electron chi connectivity index (χ4n) is 2.06. The second-order valence-electron chi connectivity index (χ2n) is 4.93. The first-order valence-corrected chi connectivity index (χ1v) is 7.11. The van der Waals surface area contributed by atoms with Crippen molar-refractivity contribution in [3.8, 4) is 0 Å². The average molecular weight is 266 g/mol. The van der Waals surface area contributed by atoms with E-state index in [2.05, 4.69) is 5.32 Å². The second-order valence-corrected chi connectivity index (χ2v) is 5.71. The molecule has 0 radical (unpaired) electrons. The molecule has 5 heteroatoms. The molecular weight excluding hydrogens is 248 g/mol. The van der Waals surface area contributed by atoms with Crippen LogP contribution >= 0.6 is 11.3 Å². The van der Waals surface area contributed by atoms with E-state index in [0.717, 1.165) is 5.56 Å². The molecular formula is C13H18N2O2S. The number of hydrogen-bond donors (Lipinski definition) is 1. The first-order valence-electron chi connectivity index (χ1n) is 6.17. The van der Waals surface area contributed by atoms with Gasteiger partial charge in [-0.25, -0.2) is 0 Å². The molecule has 1 aromatic heterocycles. The maximum absolute atomic E-state index is 12.4. The third-order valence-electron chi connectivity index (χ3n) is 3.12. The highest BCUT2D eigenvalue weighted by Crippen LogP contribution is 2.15. The summed E-state index contributed by atoms with van der Waals surface area (Å²) in [7, 11) is 0. The predicted octanol–water partition coefficient (Wildman–Crippen LogP) is 1.62. The third-order valence-corrected chi connectivity index (χ3v) is 3.86. The molecule has 1 N–H and O–H groups in total. The van der Waals surface area contributed by atoms with E-state index in [0.29, 0.717) is 19.5 Å². The van der Waals surface area contributed by atoms with Crippen molar-refractivity contribution in [2.45, 2.75) is 32.9 Å². The van der Waals surface area contributed by atoms with E-state index in [1.807, 2.05) is 30.7 Å². The maximum Gasteiger partial charge on any atom is 0.245 e. The van der Waals surface area contributed by atoms with Crippen molar-refractivity contribution in [2.75, 3.05) is 6.54 Å². The predicted molar refractivity (Wildman–Crippen MR) is 71.1 cm³/mol. The van der Waals surface area contributed by atoms with Crippen LogP contribution in [-0.4, -0.2) is 29.3 Å². The van der Waals surface area contributed by atoms with E-state index < -0.39 is 6.04 Å². The highest BCUT2D eigenvalue weighted by atomic mass is 32.1. The first-order chi connectivity index (χ1) is 8.58. The van der Waals surface area contributed by atoms with Crippen LogP contribution in [0, 0.1) is 5.92 Å². The second kappa shape index (κ2) is 5.52. The Hall–Kier alpha value is -1.36. The summed E-state index contributed by atoms with van der Waals surface area (Å²) in [4.78, 5) is 25.8. The molecule has 2 heterocycles. The molecule has 0 saturated carbocycles. The summed E-state index contributed by atoms with van der Waals surface area (Å²) in [5.41, 5.74) is 1.13. The van der Waals surface area contributed by atoms with Crippen molar-refractivity contribution in [1.82, 2.24) is 10.2 Å². The van der Waals surface area contributed by atoms with Crippen LogP contribution in [0.25, 0.3) is 0 Å². The lowest BCUT2D eigenvalue weighted by atomic mass is 10.0. The Morgan fingerprint density at radius 2 is 2.28 bits per heavy atom. The lowest BCUT2D eigenvalue weighted by Gasteiger charge is -2.25. The number of hydrogen-bond acceptors (Lipinski definition) is 3. The number of nitrogens with zero attached hydrogens (tertiary/aromatic N) is 1. The molecule has 2 amide bonds. The van der Waals surface area contributed by atoms with Crippen LogP contribution in [0.1, 0.15) is 25.8 Å². The normalized spacial score (nSPS) is 21.1. The summed E-state index contributed by atoms with van der Waals surface area (Å²) in [5, 5.41) is 6.85. The Balaban J connectivity index is 2.13. The Bertz CT molecular complexity index is 428. The minimum atomic E-state index is -0.390. The highest BCUT2D eigenvalue weighted by molar-refractivity contribution is 7.07. The molecule has 1 aliphatic heterocycles. The van der Waals surface area contributed by atoms with Crippen molar-refractivity contribution in [1.29, 1.82) is 0 Å². The number of nitrogens with one attached hydrogen (secondary N) is 1. The van der Waals surface area contributed by atoms with Crippen molar-refractivity contribution in [3.05, 3.63) is 22.4 Å². The largest absolute Gasteiger partial charge is 0.344 e. The summed E-state index contributed by atoms with van der Waals surface area (Å²) in [5.74, 6) is 0.112. The molecule has 18 heavy (non-hydrogen) atoms. The molecule has 0 bridgehead atoms. The Morgan fingerprint density at radius 3 is 2.89 bits per heavy atom. The standard InChI is InChI=1S/C13H18N2O2S/c1-9(2)12-13(17)15(5-3-11(16)14-12)7-10-4-6-18-8-10/h4,6,8-9,12H,3,5,7H2,1-2H3,(H,14,16). The number of thiophene rings is 1. The smallest absolute Gasteiger partial charge is 0.245 e. The molecule has 0 spiro atoms. The van der Waals surface area contributed by atoms with E-state index in [1.54, 1.807) is 16.2 Å². The lowest BCUT2D eigenvalue weighted by Crippen LogP contribution is -2.47. The SMILES string of the molecule is CC(C)C1NC(=O)CCN(Cc2ccsc2)C1=O. The van der Waals surface area contributed by atoms with Gasteiger partial charge >= 0.3 is 0 Å². The minimum absolute atomic E-state index is 0.0297. The Labute approximate surface area is 111 Å². The molecule has 1 fully saturated rings. The molecule has 1 aromatic rings. The van der Waals surface area contributed by atoms with E-state index in [1.165, 1.54) is 0 Å². The molecule has 0 aromatic carbocycles. The Morgan fingerprint density at radius 1 is 1.50 bits per heavy atom. The number of rotatable bonds is 3. The van der Waals surface area contributed by atoms with Gasteiger partial charge in [-0.3, -0.25) is 9.59 Å². The van der Waals surface area contributed by atoms with Crippen LogP contribution < -0.4 is 5.32 Å². The Kier molecular flexibility index (Phi) is 4.01. The summed E-state index contributed by atoms with van der Waals surface area (Å²) in [6.45, 7) is 5.01. The van der Waals surface area contributed by atoms with Crippen molar-refractivity contribution >= 4 is 23.2 Å². The fourth-order valence-corrected chi connectivity index (χ4v) is 2.72. The van der Waals surface area contributed by atoms with Crippen LogP contribution in [0.5, 0.6) is 0 Å². The molecule has 1 saturated heterocycles. The van der Waals surface area contributed by atoms with Crippen LogP contribution in [0.15, 0.2) is 16.8 Å². The zero-order valence-corrected chi connectivity index (χ0v) is 11.5. The molecule has 1 unspecified atom stereocenters. The quantitative estimate of drug-likeness (QED) is 0.904. The summed E-state index contributed by atoms with van der Waals surface area (Å²) in [6, 6.07) is 1.63. The van der Waals surface area contributed by atoms with Crippen LogP contribution in [-0.2, 0) is 16.1 Å². The van der Waals surface area contributed by atoms with Crippen LogP contribution in [0.2, 0.25) is 0 Å². The van der Waals surface area contributed by atoms with Crippen molar-refractivity contribution in [2.24, 2.45) is 5.92 Å². The number of amides is 2. The zero-order valence-electron chi connectivity index (χ0n) is 10.7.